The molecule has 0 amide bonds. The lowest BCUT2D eigenvalue weighted by Gasteiger charge is -2.16. The molecule has 0 bridgehead atoms. The molecule has 0 aliphatic heterocycles. The summed E-state index contributed by atoms with van der Waals surface area (Å²) in [4.78, 5) is 0. The molecule has 0 aliphatic carbocycles. The van der Waals surface area contributed by atoms with Crippen molar-refractivity contribution >= 4 is 0 Å². The summed E-state index contributed by atoms with van der Waals surface area (Å²) < 4.78 is 5.43. The van der Waals surface area contributed by atoms with Gasteiger partial charge in [0, 0.05) is 7.11 Å². The average molecular weight is 304 g/mol. The molecule has 0 radical (unpaired) electrons. The first kappa shape index (κ1) is 16.0. The first-order chi connectivity index (χ1) is 10.5. The summed E-state index contributed by atoms with van der Waals surface area (Å²) in [6.07, 6.45) is 2.09. The fourth-order valence-electron chi connectivity index (χ4n) is 2.38. The van der Waals surface area contributed by atoms with Gasteiger partial charge >= 0.3 is 0 Å². The number of aryl methyl sites for hydroxylation is 1. The Morgan fingerprint density at radius 2 is 1.50 bits per heavy atom. The third-order valence-corrected chi connectivity index (χ3v) is 3.63. The van der Waals surface area contributed by atoms with Gasteiger partial charge in [-0.1, -0.05) is 12.1 Å². The third-order valence-electron chi connectivity index (χ3n) is 3.63. The van der Waals surface area contributed by atoms with Crippen LogP contribution in [0, 0.1) is 0 Å². The van der Waals surface area contributed by atoms with E-state index in [1.165, 1.54) is 18.2 Å². The number of ether oxygens (including phenoxy) is 1. The van der Waals surface area contributed by atoms with E-state index < -0.39 is 0 Å². The maximum Gasteiger partial charge on any atom is 0.157 e. The fraction of sp³-hybridized carbons (Fsp3) is 0.294. The van der Waals surface area contributed by atoms with E-state index >= 15 is 0 Å². The number of hydrogen-bond donors (Lipinski definition) is 4. The van der Waals surface area contributed by atoms with Crippen molar-refractivity contribution in [3.05, 3.63) is 47.5 Å². The van der Waals surface area contributed by atoms with Crippen LogP contribution in [0.3, 0.4) is 0 Å². The molecule has 0 aliphatic rings. The quantitative estimate of drug-likeness (QED) is 0.615. The highest BCUT2D eigenvalue weighted by atomic mass is 16.5. The molecule has 0 fully saturated rings. The summed E-state index contributed by atoms with van der Waals surface area (Å²) in [6, 6.07) is 9.43. The summed E-state index contributed by atoms with van der Waals surface area (Å²) in [5.74, 6) is -0.566. The molecule has 0 heterocycles. The van der Waals surface area contributed by atoms with Crippen molar-refractivity contribution in [1.29, 1.82) is 0 Å². The number of methoxy groups -OCH3 is 1. The molecule has 0 aromatic heterocycles. The van der Waals surface area contributed by atoms with E-state index in [9.17, 15) is 20.4 Å². The minimum absolute atomic E-state index is 0.121. The molecule has 2 aromatic carbocycles. The van der Waals surface area contributed by atoms with E-state index in [1.807, 2.05) is 0 Å². The molecule has 5 heteroatoms. The summed E-state index contributed by atoms with van der Waals surface area (Å²) in [5.41, 5.74) is 1.73. The lowest BCUT2D eigenvalue weighted by molar-refractivity contribution is 0.0936. The van der Waals surface area contributed by atoms with Crippen LogP contribution in [-0.2, 0) is 11.2 Å². The minimum atomic E-state index is -0.183. The Morgan fingerprint density at radius 3 is 2.09 bits per heavy atom. The predicted molar refractivity (Wildman–Crippen MR) is 82.2 cm³/mol. The summed E-state index contributed by atoms with van der Waals surface area (Å²) in [6.45, 7) is 0. The van der Waals surface area contributed by atoms with Crippen LogP contribution in [-0.4, -0.2) is 27.5 Å². The highest BCUT2D eigenvalue weighted by Gasteiger charge is 2.12. The van der Waals surface area contributed by atoms with Crippen molar-refractivity contribution in [3.8, 4) is 23.0 Å². The van der Waals surface area contributed by atoms with E-state index in [-0.39, 0.29) is 29.1 Å². The van der Waals surface area contributed by atoms with Crippen LogP contribution in [0.2, 0.25) is 0 Å². The van der Waals surface area contributed by atoms with Crippen LogP contribution in [0.25, 0.3) is 0 Å². The number of phenols is 4. The first-order valence-electron chi connectivity index (χ1n) is 7.06. The van der Waals surface area contributed by atoms with Crippen molar-refractivity contribution in [1.82, 2.24) is 0 Å². The molecule has 0 saturated heterocycles. The molecule has 22 heavy (non-hydrogen) atoms. The molecular weight excluding hydrogens is 284 g/mol. The maximum absolute atomic E-state index is 9.55. The maximum atomic E-state index is 9.55. The Kier molecular flexibility index (Phi) is 5.12. The summed E-state index contributed by atoms with van der Waals surface area (Å²) in [7, 11) is 1.60. The number of rotatable bonds is 6. The molecule has 1 unspecified atom stereocenters. The van der Waals surface area contributed by atoms with Gasteiger partial charge in [0.25, 0.3) is 0 Å². The zero-order valence-electron chi connectivity index (χ0n) is 12.4. The van der Waals surface area contributed by atoms with Crippen molar-refractivity contribution in [3.63, 3.8) is 0 Å². The Hall–Kier alpha value is -2.40. The van der Waals surface area contributed by atoms with Crippen molar-refractivity contribution in [2.24, 2.45) is 0 Å². The van der Waals surface area contributed by atoms with E-state index in [2.05, 4.69) is 0 Å². The number of aromatic hydroxyl groups is 4. The lowest BCUT2D eigenvalue weighted by atomic mass is 10.0. The normalized spacial score (nSPS) is 12.2. The van der Waals surface area contributed by atoms with Crippen LogP contribution in [0.1, 0.15) is 30.1 Å². The second-order valence-electron chi connectivity index (χ2n) is 5.19. The lowest BCUT2D eigenvalue weighted by Crippen LogP contribution is -2.02. The van der Waals surface area contributed by atoms with Crippen LogP contribution < -0.4 is 0 Å². The zero-order valence-corrected chi connectivity index (χ0v) is 12.4. The van der Waals surface area contributed by atoms with Gasteiger partial charge in [0.05, 0.1) is 6.10 Å². The van der Waals surface area contributed by atoms with E-state index in [1.54, 1.807) is 25.3 Å². The predicted octanol–water partition coefficient (Wildman–Crippen LogP) is 3.22. The van der Waals surface area contributed by atoms with Gasteiger partial charge in [0.1, 0.15) is 0 Å². The van der Waals surface area contributed by atoms with Gasteiger partial charge in [-0.2, -0.15) is 0 Å². The van der Waals surface area contributed by atoms with Crippen molar-refractivity contribution in [2.75, 3.05) is 7.11 Å². The first-order valence-corrected chi connectivity index (χ1v) is 7.06. The molecule has 2 aromatic rings. The number of benzene rings is 2. The molecule has 5 nitrogen and oxygen atoms in total. The van der Waals surface area contributed by atoms with Gasteiger partial charge < -0.3 is 25.2 Å². The van der Waals surface area contributed by atoms with Crippen LogP contribution in [0.4, 0.5) is 0 Å². The third kappa shape index (κ3) is 3.83. The zero-order chi connectivity index (χ0) is 16.1. The van der Waals surface area contributed by atoms with Gasteiger partial charge in [-0.3, -0.25) is 0 Å². The number of hydrogen-bond acceptors (Lipinski definition) is 5. The van der Waals surface area contributed by atoms with Gasteiger partial charge in [-0.15, -0.1) is 0 Å². The Labute approximate surface area is 129 Å². The van der Waals surface area contributed by atoms with Gasteiger partial charge in [-0.05, 0) is 54.7 Å². The van der Waals surface area contributed by atoms with Gasteiger partial charge in [0.15, 0.2) is 23.0 Å². The van der Waals surface area contributed by atoms with Crippen molar-refractivity contribution < 1.29 is 25.2 Å². The van der Waals surface area contributed by atoms with E-state index in [0.717, 1.165) is 30.4 Å². The topological polar surface area (TPSA) is 90.2 Å². The SMILES string of the molecule is COC(CCCc1ccc(O)c(O)c1)c1ccc(O)c(O)c1. The van der Waals surface area contributed by atoms with Crippen molar-refractivity contribution in [2.45, 2.75) is 25.4 Å². The highest BCUT2D eigenvalue weighted by molar-refractivity contribution is 5.41. The smallest absolute Gasteiger partial charge is 0.157 e. The summed E-state index contributed by atoms with van der Waals surface area (Å²) in [5, 5.41) is 37.6. The minimum Gasteiger partial charge on any atom is -0.504 e. The fourth-order valence-corrected chi connectivity index (χ4v) is 2.38. The number of phenolic OH excluding ortho intramolecular Hbond substituents is 4. The second kappa shape index (κ2) is 7.04. The van der Waals surface area contributed by atoms with E-state index in [4.69, 9.17) is 4.74 Å². The summed E-state index contributed by atoms with van der Waals surface area (Å²) >= 11 is 0. The average Bonchev–Trinajstić information content (AvgIpc) is 2.50. The van der Waals surface area contributed by atoms with Crippen LogP contribution >= 0.6 is 0 Å². The Bertz CT molecular complexity index is 639. The standard InChI is InChI=1S/C17H20O5/c1-22-17(12-6-8-14(19)16(21)10-12)4-2-3-11-5-7-13(18)15(20)9-11/h5-10,17-21H,2-4H2,1H3. The molecule has 4 N–H and O–H groups in total. The Balaban J connectivity index is 1.96. The van der Waals surface area contributed by atoms with E-state index in [0.29, 0.717) is 0 Å². The molecule has 2 rings (SSSR count). The largest absolute Gasteiger partial charge is 0.504 e. The van der Waals surface area contributed by atoms with Gasteiger partial charge in [0.2, 0.25) is 0 Å². The van der Waals surface area contributed by atoms with Crippen LogP contribution in [0.15, 0.2) is 36.4 Å². The molecule has 1 atom stereocenters. The molecular formula is C17H20O5. The molecule has 0 spiro atoms. The Morgan fingerprint density at radius 1 is 0.864 bits per heavy atom. The van der Waals surface area contributed by atoms with Crippen LogP contribution in [0.5, 0.6) is 23.0 Å². The highest BCUT2D eigenvalue weighted by Crippen LogP contribution is 2.31. The van der Waals surface area contributed by atoms with Gasteiger partial charge in [-0.25, -0.2) is 0 Å². The molecule has 0 saturated carbocycles. The monoisotopic (exact) mass is 304 g/mol. The second-order valence-corrected chi connectivity index (χ2v) is 5.19. The molecule has 118 valence electrons.